The first-order valence-corrected chi connectivity index (χ1v) is 15.2. The van der Waals surface area contributed by atoms with Gasteiger partial charge in [-0.3, -0.25) is 4.79 Å². The lowest BCUT2D eigenvalue weighted by Crippen LogP contribution is -2.56. The van der Waals surface area contributed by atoms with Crippen LogP contribution in [0.25, 0.3) is 11.0 Å². The molecule has 1 aromatic carbocycles. The molecule has 2 bridgehead atoms. The van der Waals surface area contributed by atoms with Gasteiger partial charge in [0, 0.05) is 69.5 Å². The largest absolute Gasteiger partial charge is 0.487 e. The monoisotopic (exact) mass is 625 g/mol. The Bertz CT molecular complexity index is 1860. The number of carbonyl (C=O) groups is 1. The first kappa shape index (κ1) is 30.2. The summed E-state index contributed by atoms with van der Waals surface area (Å²) in [6.07, 6.45) is 8.45. The maximum atomic E-state index is 13.0. The minimum atomic E-state index is -0.0849. The Morgan fingerprint density at radius 2 is 2.07 bits per heavy atom. The van der Waals surface area contributed by atoms with Gasteiger partial charge in [0.15, 0.2) is 17.4 Å². The summed E-state index contributed by atoms with van der Waals surface area (Å²) in [6, 6.07) is 11.3. The zero-order chi connectivity index (χ0) is 31.5. The molecule has 1 saturated heterocycles. The van der Waals surface area contributed by atoms with E-state index in [2.05, 4.69) is 41.0 Å². The van der Waals surface area contributed by atoms with Gasteiger partial charge >= 0.3 is 0 Å². The molecule has 3 aromatic heterocycles. The Morgan fingerprint density at radius 1 is 1.22 bits per heavy atom. The lowest BCUT2D eigenvalue weighted by atomic mass is 10.1. The van der Waals surface area contributed by atoms with E-state index in [1.807, 2.05) is 84.2 Å². The number of nitrogens with one attached hydrogen (secondary N) is 1. The Balaban J connectivity index is 1.21. The van der Waals surface area contributed by atoms with Crippen molar-refractivity contribution in [2.45, 2.75) is 6.04 Å². The Hall–Kier alpha value is -4.80. The molecule has 6 rings (SSSR count). The van der Waals surface area contributed by atoms with Gasteiger partial charge in [-0.1, -0.05) is 12.7 Å². The number of pyridine rings is 2. The normalized spacial score (nSPS) is 16.5. The molecule has 1 N–H and O–H groups in total. The number of benzene rings is 1. The molecule has 5 heterocycles. The van der Waals surface area contributed by atoms with E-state index >= 15 is 0 Å². The number of ether oxygens (including phenoxy) is 2. The Morgan fingerprint density at radius 3 is 2.87 bits per heavy atom. The zero-order valence-corrected chi connectivity index (χ0v) is 26.7. The second-order valence-electron chi connectivity index (χ2n) is 11.1. The summed E-state index contributed by atoms with van der Waals surface area (Å²) >= 11 is 0. The Kier molecular flexibility index (Phi) is 8.77. The number of aromatic nitrogens is 4. The second-order valence-corrected chi connectivity index (χ2v) is 11.7. The number of nitrogens with zero attached hydrogens (tertiary/aromatic N) is 8. The van der Waals surface area contributed by atoms with Crippen molar-refractivity contribution in [3.63, 3.8) is 0 Å². The van der Waals surface area contributed by atoms with Gasteiger partial charge in [-0.15, -0.1) is 9.24 Å². The van der Waals surface area contributed by atoms with Crippen LogP contribution < -0.4 is 30.5 Å². The van der Waals surface area contributed by atoms with Crippen LogP contribution in [0.2, 0.25) is 0 Å². The van der Waals surface area contributed by atoms with Crippen molar-refractivity contribution in [2.24, 2.45) is 12.0 Å². The number of aryl methyl sites for hydroxylation is 1. The Labute approximate surface area is 263 Å². The number of amides is 1. The molecule has 1 fully saturated rings. The molecule has 1 amide bonds. The number of hydrogen-bond acceptors (Lipinski definition) is 10. The van der Waals surface area contributed by atoms with E-state index in [0.29, 0.717) is 66.9 Å². The summed E-state index contributed by atoms with van der Waals surface area (Å²) in [5, 5.41) is 4.31. The molecular weight excluding hydrogens is 589 g/mol. The van der Waals surface area contributed by atoms with Crippen LogP contribution in [0.3, 0.4) is 0 Å². The van der Waals surface area contributed by atoms with E-state index in [1.54, 1.807) is 6.08 Å². The highest BCUT2D eigenvalue weighted by Crippen LogP contribution is 2.36. The number of likely N-dealkylation sites (N-methyl/N-ethyl adjacent to an activating group) is 1. The van der Waals surface area contributed by atoms with E-state index in [4.69, 9.17) is 14.5 Å². The predicted molar refractivity (Wildman–Crippen MR) is 179 cm³/mol. The third kappa shape index (κ3) is 6.67. The molecule has 0 spiro atoms. The number of carbonyl (C=O) groups excluding carboxylic acids is 1. The number of piperazine rings is 1. The molecule has 0 aliphatic carbocycles. The van der Waals surface area contributed by atoms with Crippen LogP contribution in [0.15, 0.2) is 78.8 Å². The standard InChI is InChI=1S/C32H36N9O3P/c1-5-33-28-16-23(10-12-39(28)4)44-22-8-9-24(27(45)15-22)36-31-30-25(34-20-35-31)17-26-32(37-30)40-13-14-41(21(18-40)19-43-26)29(42)7-6-11-38(2)3/h5-10,12,15-17,20-21H,1,11,13-14,18-19,45H2,2-4H3,(H,34,35,36)/b7-6+,33-28-. The maximum Gasteiger partial charge on any atom is 0.246 e. The van der Waals surface area contributed by atoms with E-state index in [1.165, 1.54) is 12.5 Å². The van der Waals surface area contributed by atoms with Gasteiger partial charge in [0.1, 0.15) is 35.4 Å². The van der Waals surface area contributed by atoms with E-state index in [0.717, 1.165) is 22.3 Å². The maximum absolute atomic E-state index is 13.0. The van der Waals surface area contributed by atoms with Gasteiger partial charge in [0.25, 0.3) is 0 Å². The summed E-state index contributed by atoms with van der Waals surface area (Å²) in [5.74, 6) is 3.30. The molecule has 2 aliphatic heterocycles. The quantitative estimate of drug-likeness (QED) is 0.233. The average molecular weight is 626 g/mol. The molecule has 2 atom stereocenters. The van der Waals surface area contributed by atoms with E-state index in [9.17, 15) is 4.79 Å². The van der Waals surface area contributed by atoms with Gasteiger partial charge in [-0.25, -0.2) is 19.9 Å². The fraction of sp³-hybridized carbons (Fsp3) is 0.281. The first-order valence-electron chi connectivity index (χ1n) is 14.6. The number of fused-ring (bicyclic) bond motifs is 5. The third-order valence-corrected chi connectivity index (χ3v) is 8.09. The minimum Gasteiger partial charge on any atom is -0.487 e. The fourth-order valence-corrected chi connectivity index (χ4v) is 5.65. The van der Waals surface area contributed by atoms with Crippen molar-refractivity contribution in [1.29, 1.82) is 0 Å². The lowest BCUT2D eigenvalue weighted by molar-refractivity contribution is -0.129. The molecule has 13 heteroatoms. The highest BCUT2D eigenvalue weighted by molar-refractivity contribution is 7.28. The van der Waals surface area contributed by atoms with E-state index in [-0.39, 0.29) is 11.9 Å². The zero-order valence-electron chi connectivity index (χ0n) is 25.6. The molecule has 0 saturated carbocycles. The summed E-state index contributed by atoms with van der Waals surface area (Å²) in [6.45, 7) is 6.64. The van der Waals surface area contributed by atoms with Crippen LogP contribution in [-0.2, 0) is 11.8 Å². The highest BCUT2D eigenvalue weighted by Gasteiger charge is 2.35. The molecule has 0 radical (unpaired) electrons. The molecule has 232 valence electrons. The summed E-state index contributed by atoms with van der Waals surface area (Å²) < 4.78 is 14.2. The molecule has 2 unspecified atom stereocenters. The van der Waals surface area contributed by atoms with Crippen LogP contribution in [0, 0.1) is 0 Å². The summed E-state index contributed by atoms with van der Waals surface area (Å²) in [7, 11) is 8.60. The molecule has 2 aliphatic rings. The predicted octanol–water partition coefficient (Wildman–Crippen LogP) is 2.97. The van der Waals surface area contributed by atoms with Crippen LogP contribution in [0.1, 0.15) is 0 Å². The number of rotatable bonds is 8. The van der Waals surface area contributed by atoms with Crippen LogP contribution in [0.4, 0.5) is 17.3 Å². The minimum absolute atomic E-state index is 0.00186. The van der Waals surface area contributed by atoms with E-state index < -0.39 is 0 Å². The second kappa shape index (κ2) is 13.1. The summed E-state index contributed by atoms with van der Waals surface area (Å²) in [4.78, 5) is 37.3. The van der Waals surface area contributed by atoms with Gasteiger partial charge in [-0.05, 0) is 43.7 Å². The molecule has 45 heavy (non-hydrogen) atoms. The van der Waals surface area contributed by atoms with Gasteiger partial charge in [-0.2, -0.15) is 0 Å². The van der Waals surface area contributed by atoms with Gasteiger partial charge < -0.3 is 34.1 Å². The average Bonchev–Trinajstić information content (AvgIpc) is 3.15. The molecular formula is C32H36N9O3P. The van der Waals surface area contributed by atoms with Crippen LogP contribution >= 0.6 is 9.24 Å². The number of anilines is 3. The van der Waals surface area contributed by atoms with Crippen LogP contribution in [-0.4, -0.2) is 88.1 Å². The third-order valence-electron chi connectivity index (χ3n) is 7.61. The van der Waals surface area contributed by atoms with Crippen molar-refractivity contribution in [3.8, 4) is 17.2 Å². The molecule has 4 aromatic rings. The van der Waals surface area contributed by atoms with Crippen molar-refractivity contribution in [2.75, 3.05) is 57.1 Å². The highest BCUT2D eigenvalue weighted by atomic mass is 31.0. The first-order chi connectivity index (χ1) is 21.8. The topological polar surface area (TPSA) is 113 Å². The molecule has 12 nitrogen and oxygen atoms in total. The van der Waals surface area contributed by atoms with Crippen molar-refractivity contribution in [1.82, 2.24) is 29.3 Å². The fourth-order valence-electron chi connectivity index (χ4n) is 5.31. The number of hydrogen-bond donors (Lipinski definition) is 1. The summed E-state index contributed by atoms with van der Waals surface area (Å²) in [5.41, 5.74) is 2.85. The lowest BCUT2D eigenvalue weighted by Gasteiger charge is -2.39. The van der Waals surface area contributed by atoms with Crippen LogP contribution in [0.5, 0.6) is 17.2 Å². The van der Waals surface area contributed by atoms with Crippen molar-refractivity contribution in [3.05, 3.63) is 79.3 Å². The van der Waals surface area contributed by atoms with Gasteiger partial charge in [0.05, 0.1) is 11.6 Å². The van der Waals surface area contributed by atoms with Crippen molar-refractivity contribution < 1.29 is 14.3 Å². The van der Waals surface area contributed by atoms with Crippen molar-refractivity contribution >= 4 is 48.8 Å². The smallest absolute Gasteiger partial charge is 0.246 e. The van der Waals surface area contributed by atoms with Gasteiger partial charge in [0.2, 0.25) is 5.91 Å². The SMILES string of the molecule is C=C/N=c1/cc(Oc2ccc(Nc3ncnc4cc5c(nc34)N3CCN(C(=O)/C=C/CN(C)C)C(CO5)C3)c(P)c2)ccn1C.